The van der Waals surface area contributed by atoms with Gasteiger partial charge in [-0.25, -0.2) is 0 Å². The second-order valence-corrected chi connectivity index (χ2v) is 11.9. The van der Waals surface area contributed by atoms with Gasteiger partial charge >= 0.3 is 0 Å². The Morgan fingerprint density at radius 2 is 1.69 bits per heavy atom. The summed E-state index contributed by atoms with van der Waals surface area (Å²) in [6.07, 6.45) is 20.8. The van der Waals surface area contributed by atoms with Crippen molar-refractivity contribution >= 4 is 5.57 Å². The van der Waals surface area contributed by atoms with E-state index in [1.165, 1.54) is 64.6 Å². The van der Waals surface area contributed by atoms with E-state index >= 15 is 0 Å². The zero-order valence-electron chi connectivity index (χ0n) is 23.7. The lowest BCUT2D eigenvalue weighted by atomic mass is 9.69. The summed E-state index contributed by atoms with van der Waals surface area (Å²) in [6, 6.07) is 27.0. The smallest absolute Gasteiger partial charge is 0.0242 e. The highest BCUT2D eigenvalue weighted by atomic mass is 14.3. The molecule has 39 heavy (non-hydrogen) atoms. The van der Waals surface area contributed by atoms with Crippen LogP contribution in [0.5, 0.6) is 0 Å². The van der Waals surface area contributed by atoms with Gasteiger partial charge < -0.3 is 0 Å². The Hall–Kier alpha value is -3.56. The molecule has 2 unspecified atom stereocenters. The minimum absolute atomic E-state index is 0.423. The van der Waals surface area contributed by atoms with Gasteiger partial charge in [0.15, 0.2) is 0 Å². The molecule has 0 aromatic heterocycles. The molecule has 0 heterocycles. The third kappa shape index (κ3) is 6.91. The third-order valence-corrected chi connectivity index (χ3v) is 8.89. The average molecular weight is 511 g/mol. The summed E-state index contributed by atoms with van der Waals surface area (Å²) >= 11 is 0. The molecular formula is C39H42. The molecule has 2 atom stereocenters. The zero-order valence-corrected chi connectivity index (χ0v) is 23.7. The molecule has 198 valence electrons. The Morgan fingerprint density at radius 3 is 2.33 bits per heavy atom. The van der Waals surface area contributed by atoms with E-state index in [-0.39, 0.29) is 0 Å². The number of allylic oxidation sites excluding steroid dienone is 5. The Morgan fingerprint density at radius 1 is 0.949 bits per heavy atom. The SMILES string of the molecule is C#Cc1ccc(CC2CCC(C(C(=C)CCc3cccc(C)c3)c3ccc(C4=CC(C)C=C4)cc3)CC2)cc1. The largest absolute Gasteiger partial charge is 0.115 e. The van der Waals surface area contributed by atoms with Crippen molar-refractivity contribution in [1.29, 1.82) is 0 Å². The van der Waals surface area contributed by atoms with E-state index in [9.17, 15) is 0 Å². The first-order chi connectivity index (χ1) is 19.0. The molecule has 0 aliphatic heterocycles. The predicted molar refractivity (Wildman–Crippen MR) is 168 cm³/mol. The number of benzene rings is 3. The molecule has 1 saturated carbocycles. The lowest BCUT2D eigenvalue weighted by Gasteiger charge is -2.36. The van der Waals surface area contributed by atoms with Crippen LogP contribution in [-0.4, -0.2) is 0 Å². The minimum atomic E-state index is 0.423. The van der Waals surface area contributed by atoms with Gasteiger partial charge in [0.05, 0.1) is 0 Å². The van der Waals surface area contributed by atoms with Crippen molar-refractivity contribution in [3.05, 3.63) is 137 Å². The molecule has 0 amide bonds. The first-order valence-corrected chi connectivity index (χ1v) is 14.8. The van der Waals surface area contributed by atoms with Crippen LogP contribution in [0.1, 0.15) is 78.3 Å². The van der Waals surface area contributed by atoms with Crippen LogP contribution in [0, 0.1) is 37.0 Å². The van der Waals surface area contributed by atoms with Crippen molar-refractivity contribution in [2.24, 2.45) is 17.8 Å². The van der Waals surface area contributed by atoms with E-state index in [2.05, 4.69) is 111 Å². The van der Waals surface area contributed by atoms with E-state index in [1.807, 2.05) is 0 Å². The van der Waals surface area contributed by atoms with Gasteiger partial charge in [0.2, 0.25) is 0 Å². The highest BCUT2D eigenvalue weighted by Gasteiger charge is 2.30. The number of aryl methyl sites for hydroxylation is 2. The Kier molecular flexibility index (Phi) is 8.68. The number of rotatable bonds is 9. The van der Waals surface area contributed by atoms with Crippen LogP contribution in [0.2, 0.25) is 0 Å². The summed E-state index contributed by atoms with van der Waals surface area (Å²) in [4.78, 5) is 0. The molecule has 3 aromatic rings. The quantitative estimate of drug-likeness (QED) is 0.198. The fourth-order valence-electron chi connectivity index (χ4n) is 6.69. The van der Waals surface area contributed by atoms with Gasteiger partial charge in [-0.05, 0) is 110 Å². The number of hydrogen-bond acceptors (Lipinski definition) is 0. The normalized spacial score (nSPS) is 21.3. The van der Waals surface area contributed by atoms with Gasteiger partial charge in [0.25, 0.3) is 0 Å². The van der Waals surface area contributed by atoms with Crippen molar-refractivity contribution in [2.75, 3.05) is 0 Å². The molecule has 5 rings (SSSR count). The molecule has 0 N–H and O–H groups in total. The second-order valence-electron chi connectivity index (χ2n) is 11.9. The average Bonchev–Trinajstić information content (AvgIpc) is 3.40. The van der Waals surface area contributed by atoms with Gasteiger partial charge in [-0.2, -0.15) is 0 Å². The van der Waals surface area contributed by atoms with Crippen LogP contribution in [0.3, 0.4) is 0 Å². The number of hydrogen-bond donors (Lipinski definition) is 0. The molecule has 0 saturated heterocycles. The van der Waals surface area contributed by atoms with Crippen LogP contribution < -0.4 is 0 Å². The molecular weight excluding hydrogens is 468 g/mol. The van der Waals surface area contributed by atoms with E-state index in [0.717, 1.165) is 30.7 Å². The van der Waals surface area contributed by atoms with Gasteiger partial charge in [-0.1, -0.05) is 109 Å². The topological polar surface area (TPSA) is 0 Å². The summed E-state index contributed by atoms with van der Waals surface area (Å²) < 4.78 is 0. The molecule has 3 aromatic carbocycles. The van der Waals surface area contributed by atoms with Crippen molar-refractivity contribution in [3.63, 3.8) is 0 Å². The fraction of sp³-hybridized carbons (Fsp3) is 0.333. The first kappa shape index (κ1) is 27.0. The van der Waals surface area contributed by atoms with Crippen molar-refractivity contribution < 1.29 is 0 Å². The van der Waals surface area contributed by atoms with Crippen LogP contribution in [0.15, 0.2) is 103 Å². The lowest BCUT2D eigenvalue weighted by Crippen LogP contribution is -2.23. The van der Waals surface area contributed by atoms with Gasteiger partial charge in [-0.15, -0.1) is 6.42 Å². The highest BCUT2D eigenvalue weighted by molar-refractivity contribution is 5.76. The second kappa shape index (κ2) is 12.5. The fourth-order valence-corrected chi connectivity index (χ4v) is 6.69. The Balaban J connectivity index is 1.29. The Bertz CT molecular complexity index is 1370. The van der Waals surface area contributed by atoms with Crippen LogP contribution >= 0.6 is 0 Å². The summed E-state index contributed by atoms with van der Waals surface area (Å²) in [5.41, 5.74) is 10.6. The van der Waals surface area contributed by atoms with Gasteiger partial charge in [0, 0.05) is 11.5 Å². The summed E-state index contributed by atoms with van der Waals surface area (Å²) in [7, 11) is 0. The van der Waals surface area contributed by atoms with E-state index in [0.29, 0.717) is 17.8 Å². The molecule has 0 heteroatoms. The minimum Gasteiger partial charge on any atom is -0.115 e. The molecule has 0 radical (unpaired) electrons. The van der Waals surface area contributed by atoms with E-state index in [4.69, 9.17) is 13.0 Å². The van der Waals surface area contributed by atoms with Crippen LogP contribution in [-0.2, 0) is 12.8 Å². The molecule has 0 nitrogen and oxygen atoms in total. The maximum absolute atomic E-state index is 5.54. The van der Waals surface area contributed by atoms with Crippen molar-refractivity contribution in [2.45, 2.75) is 64.7 Å². The monoisotopic (exact) mass is 510 g/mol. The first-order valence-electron chi connectivity index (χ1n) is 14.8. The Labute approximate surface area is 236 Å². The molecule has 2 aliphatic rings. The third-order valence-electron chi connectivity index (χ3n) is 8.89. The highest BCUT2D eigenvalue weighted by Crippen LogP contribution is 2.44. The van der Waals surface area contributed by atoms with Crippen molar-refractivity contribution in [3.8, 4) is 12.3 Å². The summed E-state index contributed by atoms with van der Waals surface area (Å²) in [5, 5.41) is 0. The molecule has 1 fully saturated rings. The molecule has 0 spiro atoms. The zero-order chi connectivity index (χ0) is 27.2. The maximum atomic E-state index is 5.54. The van der Waals surface area contributed by atoms with E-state index in [1.54, 1.807) is 0 Å². The van der Waals surface area contributed by atoms with Crippen molar-refractivity contribution in [1.82, 2.24) is 0 Å². The van der Waals surface area contributed by atoms with Crippen LogP contribution in [0.4, 0.5) is 0 Å². The molecule has 0 bridgehead atoms. The van der Waals surface area contributed by atoms with Gasteiger partial charge in [-0.3, -0.25) is 0 Å². The summed E-state index contributed by atoms with van der Waals surface area (Å²) in [6.45, 7) is 9.14. The van der Waals surface area contributed by atoms with E-state index < -0.39 is 0 Å². The lowest BCUT2D eigenvalue weighted by molar-refractivity contribution is 0.252. The van der Waals surface area contributed by atoms with Crippen LogP contribution in [0.25, 0.3) is 5.57 Å². The number of terminal acetylenes is 1. The summed E-state index contributed by atoms with van der Waals surface area (Å²) in [5.74, 6) is 5.10. The van der Waals surface area contributed by atoms with Gasteiger partial charge in [0.1, 0.15) is 0 Å². The predicted octanol–water partition coefficient (Wildman–Crippen LogP) is 9.89. The standard InChI is InChI=1S/C39H42/c1-5-31-12-14-33(15-13-31)27-34-16-19-36(20-17-34)39(30(4)10-11-32-8-6-7-28(2)25-32)37-23-21-35(22-24-37)38-18-9-29(3)26-38/h1,6-9,12-15,18,21-26,29,34,36,39H,4,10-11,16-17,19-20,27H2,2-3H3. The molecule has 2 aliphatic carbocycles. The maximum Gasteiger partial charge on any atom is 0.0242 e.